The molecule has 1 N–H and O–H groups in total. The van der Waals surface area contributed by atoms with Gasteiger partial charge in [0.2, 0.25) is 21.8 Å². The number of amides is 2. The van der Waals surface area contributed by atoms with Crippen molar-refractivity contribution in [2.75, 3.05) is 38.2 Å². The lowest BCUT2D eigenvalue weighted by atomic mass is 10.1. The molecule has 0 bridgehead atoms. The highest BCUT2D eigenvalue weighted by molar-refractivity contribution is 7.89. The molecule has 2 aromatic rings. The molecule has 11 heteroatoms. The van der Waals surface area contributed by atoms with Crippen LogP contribution < -0.4 is 5.32 Å². The quantitative estimate of drug-likeness (QED) is 0.692. The van der Waals surface area contributed by atoms with Crippen LogP contribution in [0.15, 0.2) is 47.5 Å². The standard InChI is InChI=1S/C21H23FN4O5S/c22-18-5-4-16(12-19(18)32(29,30)26-7-9-31-10-8-26)24-21(28)15-11-20(27)25(13-15)14-17-3-1-2-6-23-17/h1-6,12,15H,7-11,13-14H2,(H,24,28). The fourth-order valence-electron chi connectivity index (χ4n) is 3.74. The van der Waals surface area contributed by atoms with E-state index >= 15 is 0 Å². The molecule has 2 aliphatic heterocycles. The Morgan fingerprint density at radius 1 is 1.22 bits per heavy atom. The van der Waals surface area contributed by atoms with Crippen LogP contribution in [0.25, 0.3) is 0 Å². The van der Waals surface area contributed by atoms with Crippen molar-refractivity contribution < 1.29 is 27.1 Å². The Labute approximate surface area is 185 Å². The van der Waals surface area contributed by atoms with Crippen LogP contribution in [0.4, 0.5) is 10.1 Å². The number of rotatable bonds is 6. The monoisotopic (exact) mass is 462 g/mol. The number of carbonyl (C=O) groups excluding carboxylic acids is 2. The molecule has 0 radical (unpaired) electrons. The Morgan fingerprint density at radius 2 is 2.00 bits per heavy atom. The minimum Gasteiger partial charge on any atom is -0.379 e. The van der Waals surface area contributed by atoms with Crippen molar-refractivity contribution in [3.8, 4) is 0 Å². The number of anilines is 1. The first kappa shape index (κ1) is 22.3. The summed E-state index contributed by atoms with van der Waals surface area (Å²) in [6, 6.07) is 8.83. The summed E-state index contributed by atoms with van der Waals surface area (Å²) in [7, 11) is -4.06. The molecule has 170 valence electrons. The number of hydrogen-bond donors (Lipinski definition) is 1. The highest BCUT2D eigenvalue weighted by Crippen LogP contribution is 2.26. The molecular formula is C21H23FN4O5S. The van der Waals surface area contributed by atoms with Crippen LogP contribution in [0.2, 0.25) is 0 Å². The predicted octanol–water partition coefficient (Wildman–Crippen LogP) is 1.23. The minimum absolute atomic E-state index is 0.0405. The summed E-state index contributed by atoms with van der Waals surface area (Å²) in [5.74, 6) is -2.09. The predicted molar refractivity (Wildman–Crippen MR) is 112 cm³/mol. The summed E-state index contributed by atoms with van der Waals surface area (Å²) in [5.41, 5.74) is 0.872. The molecule has 0 saturated carbocycles. The first-order valence-electron chi connectivity index (χ1n) is 10.2. The van der Waals surface area contributed by atoms with Gasteiger partial charge in [0.05, 0.1) is 31.4 Å². The molecule has 2 fully saturated rings. The van der Waals surface area contributed by atoms with Gasteiger partial charge in [-0.3, -0.25) is 14.6 Å². The topological polar surface area (TPSA) is 109 Å². The average Bonchev–Trinajstić information content (AvgIpc) is 3.16. The third-order valence-electron chi connectivity index (χ3n) is 5.45. The molecule has 1 atom stereocenters. The van der Waals surface area contributed by atoms with Gasteiger partial charge in [0.1, 0.15) is 10.7 Å². The van der Waals surface area contributed by atoms with Crippen molar-refractivity contribution in [2.45, 2.75) is 17.9 Å². The first-order valence-corrected chi connectivity index (χ1v) is 11.6. The lowest BCUT2D eigenvalue weighted by molar-refractivity contribution is -0.128. The first-order chi connectivity index (χ1) is 15.3. The van der Waals surface area contributed by atoms with Crippen LogP contribution in [0.3, 0.4) is 0 Å². The lowest BCUT2D eigenvalue weighted by Crippen LogP contribution is -2.40. The van der Waals surface area contributed by atoms with E-state index in [0.717, 1.165) is 22.1 Å². The molecule has 1 aromatic carbocycles. The van der Waals surface area contributed by atoms with Crippen molar-refractivity contribution >= 4 is 27.5 Å². The number of hydrogen-bond acceptors (Lipinski definition) is 6. The van der Waals surface area contributed by atoms with Crippen LogP contribution in [0.5, 0.6) is 0 Å². The number of aromatic nitrogens is 1. The zero-order valence-electron chi connectivity index (χ0n) is 17.2. The van der Waals surface area contributed by atoms with Gasteiger partial charge in [-0.15, -0.1) is 0 Å². The number of sulfonamides is 1. The Hall–Kier alpha value is -2.89. The fraction of sp³-hybridized carbons (Fsp3) is 0.381. The molecule has 9 nitrogen and oxygen atoms in total. The molecule has 32 heavy (non-hydrogen) atoms. The molecule has 0 spiro atoms. The third kappa shape index (κ3) is 4.79. The molecule has 2 aliphatic rings. The maximum absolute atomic E-state index is 14.4. The highest BCUT2D eigenvalue weighted by Gasteiger charge is 2.35. The second-order valence-electron chi connectivity index (χ2n) is 7.65. The van der Waals surface area contributed by atoms with Gasteiger partial charge in [-0.2, -0.15) is 4.31 Å². The highest BCUT2D eigenvalue weighted by atomic mass is 32.2. The van der Waals surface area contributed by atoms with E-state index in [-0.39, 0.29) is 50.9 Å². The van der Waals surface area contributed by atoms with Gasteiger partial charge in [-0.1, -0.05) is 6.07 Å². The van der Waals surface area contributed by atoms with E-state index in [1.54, 1.807) is 23.2 Å². The average molecular weight is 463 g/mol. The van der Waals surface area contributed by atoms with E-state index in [0.29, 0.717) is 6.54 Å². The van der Waals surface area contributed by atoms with Gasteiger partial charge in [0, 0.05) is 37.9 Å². The SMILES string of the molecule is O=C(Nc1ccc(F)c(S(=O)(=O)N2CCOCC2)c1)C1CC(=O)N(Cc2ccccn2)C1. The minimum atomic E-state index is -4.06. The molecule has 2 saturated heterocycles. The van der Waals surface area contributed by atoms with Crippen molar-refractivity contribution in [1.82, 2.24) is 14.2 Å². The molecule has 0 aliphatic carbocycles. The number of ether oxygens (including phenoxy) is 1. The fourth-order valence-corrected chi connectivity index (χ4v) is 5.24. The molecule has 2 amide bonds. The van der Waals surface area contributed by atoms with E-state index in [2.05, 4.69) is 10.3 Å². The number of benzene rings is 1. The second kappa shape index (κ2) is 9.31. The normalized spacial score (nSPS) is 19.8. The van der Waals surface area contributed by atoms with Gasteiger partial charge in [-0.05, 0) is 30.3 Å². The smallest absolute Gasteiger partial charge is 0.246 e. The lowest BCUT2D eigenvalue weighted by Gasteiger charge is -2.26. The maximum Gasteiger partial charge on any atom is 0.246 e. The van der Waals surface area contributed by atoms with Crippen LogP contribution in [-0.2, 0) is 30.9 Å². The van der Waals surface area contributed by atoms with Gasteiger partial charge < -0.3 is 15.0 Å². The Morgan fingerprint density at radius 3 is 2.72 bits per heavy atom. The molecule has 4 rings (SSSR count). The van der Waals surface area contributed by atoms with Gasteiger partial charge in [0.15, 0.2) is 0 Å². The summed E-state index contributed by atoms with van der Waals surface area (Å²) in [6.45, 7) is 1.27. The summed E-state index contributed by atoms with van der Waals surface area (Å²) in [4.78, 5) is 30.3. The van der Waals surface area contributed by atoms with Gasteiger partial charge in [-0.25, -0.2) is 12.8 Å². The number of likely N-dealkylation sites (tertiary alicyclic amines) is 1. The summed E-state index contributed by atoms with van der Waals surface area (Å²) in [6.07, 6.45) is 1.68. The number of carbonyl (C=O) groups is 2. The van der Waals surface area contributed by atoms with Crippen LogP contribution in [0, 0.1) is 11.7 Å². The van der Waals surface area contributed by atoms with E-state index in [1.807, 2.05) is 6.07 Å². The Kier molecular flexibility index (Phi) is 6.49. The number of halogens is 1. The summed E-state index contributed by atoms with van der Waals surface area (Å²) in [5, 5.41) is 2.62. The number of nitrogens with zero attached hydrogens (tertiary/aromatic N) is 3. The Bertz CT molecular complexity index is 1110. The van der Waals surface area contributed by atoms with Crippen molar-refractivity contribution in [1.29, 1.82) is 0 Å². The maximum atomic E-state index is 14.4. The molecular weight excluding hydrogens is 439 g/mol. The molecule has 1 aromatic heterocycles. The zero-order valence-corrected chi connectivity index (χ0v) is 18.1. The summed E-state index contributed by atoms with van der Waals surface area (Å²) >= 11 is 0. The Balaban J connectivity index is 1.44. The number of morpholine rings is 1. The van der Waals surface area contributed by atoms with Crippen LogP contribution >= 0.6 is 0 Å². The molecule has 1 unspecified atom stereocenters. The summed E-state index contributed by atoms with van der Waals surface area (Å²) < 4.78 is 46.3. The van der Waals surface area contributed by atoms with Crippen molar-refractivity contribution in [3.05, 3.63) is 54.1 Å². The van der Waals surface area contributed by atoms with E-state index in [4.69, 9.17) is 4.74 Å². The number of pyridine rings is 1. The zero-order chi connectivity index (χ0) is 22.7. The van der Waals surface area contributed by atoms with Crippen LogP contribution in [0.1, 0.15) is 12.1 Å². The van der Waals surface area contributed by atoms with Gasteiger partial charge >= 0.3 is 0 Å². The molecule has 3 heterocycles. The third-order valence-corrected chi connectivity index (χ3v) is 7.36. The van der Waals surface area contributed by atoms with E-state index < -0.39 is 32.6 Å². The van der Waals surface area contributed by atoms with Crippen molar-refractivity contribution in [3.63, 3.8) is 0 Å². The van der Waals surface area contributed by atoms with Crippen molar-refractivity contribution in [2.24, 2.45) is 5.92 Å². The van der Waals surface area contributed by atoms with E-state index in [9.17, 15) is 22.4 Å². The second-order valence-corrected chi connectivity index (χ2v) is 9.55. The van der Waals surface area contributed by atoms with Gasteiger partial charge in [0.25, 0.3) is 0 Å². The van der Waals surface area contributed by atoms with Crippen LogP contribution in [-0.4, -0.2) is 67.3 Å². The van der Waals surface area contributed by atoms with E-state index in [1.165, 1.54) is 6.07 Å². The number of nitrogens with one attached hydrogen (secondary N) is 1. The largest absolute Gasteiger partial charge is 0.379 e.